The summed E-state index contributed by atoms with van der Waals surface area (Å²) in [5.41, 5.74) is 0.910. The van der Waals surface area contributed by atoms with Crippen LogP contribution in [0, 0.1) is 0 Å². The highest BCUT2D eigenvalue weighted by Crippen LogP contribution is 2.28. The number of anilines is 2. The van der Waals surface area contributed by atoms with Gasteiger partial charge in [0.05, 0.1) is 12.9 Å². The molecule has 0 aliphatic rings. The summed E-state index contributed by atoms with van der Waals surface area (Å²) in [5.74, 6) is 1.17. The van der Waals surface area contributed by atoms with Gasteiger partial charge in [-0.3, -0.25) is 4.79 Å². The molecule has 8 heteroatoms. The Kier molecular flexibility index (Phi) is 6.66. The fourth-order valence-electron chi connectivity index (χ4n) is 1.66. The lowest BCUT2D eigenvalue weighted by Gasteiger charge is -2.09. The second kappa shape index (κ2) is 8.73. The molecule has 0 spiro atoms. The maximum Gasteiger partial charge on any atom is 0.230 e. The van der Waals surface area contributed by atoms with Gasteiger partial charge >= 0.3 is 0 Å². The molecule has 1 aromatic carbocycles. The zero-order valence-corrected chi connectivity index (χ0v) is 15.0. The fraction of sp³-hybridized carbons (Fsp3) is 0.400. The number of hydrogen-bond donors (Lipinski definition) is 2. The molecule has 0 aliphatic carbocycles. The number of hydrogen-bond acceptors (Lipinski definition) is 7. The number of rotatable bonds is 8. The average Bonchev–Trinajstić information content (AvgIpc) is 3.01. The second-order valence-electron chi connectivity index (χ2n) is 4.89. The van der Waals surface area contributed by atoms with E-state index in [4.69, 9.17) is 4.74 Å². The van der Waals surface area contributed by atoms with Crippen molar-refractivity contribution in [2.45, 2.75) is 30.6 Å². The molecule has 1 aromatic heterocycles. The van der Waals surface area contributed by atoms with Crippen LogP contribution in [0.25, 0.3) is 0 Å². The van der Waals surface area contributed by atoms with Crippen LogP contribution in [0.5, 0.6) is 5.75 Å². The van der Waals surface area contributed by atoms with Gasteiger partial charge in [0.25, 0.3) is 0 Å². The predicted molar refractivity (Wildman–Crippen MR) is 94.8 cm³/mol. The summed E-state index contributed by atoms with van der Waals surface area (Å²) < 4.78 is 5.88. The number of methoxy groups -OCH3 is 1. The van der Waals surface area contributed by atoms with Crippen molar-refractivity contribution in [3.8, 4) is 5.75 Å². The molecule has 1 atom stereocenters. The Hall–Kier alpha value is -1.80. The molecular formula is C15H20N4O2S2. The normalized spacial score (nSPS) is 11.8. The van der Waals surface area contributed by atoms with E-state index >= 15 is 0 Å². The Morgan fingerprint density at radius 3 is 2.74 bits per heavy atom. The Labute approximate surface area is 144 Å². The minimum atomic E-state index is 0.0178. The molecule has 2 rings (SSSR count). The standard InChI is InChI=1S/C15H20N4O2S2/c1-4-10(2)16-13(20)9-22-15-19-18-14(23-15)17-11-5-7-12(21-3)8-6-11/h5-8,10H,4,9H2,1-3H3,(H,16,20)(H,17,18)/t10-/m1/s1. The maximum absolute atomic E-state index is 11.7. The first-order valence-electron chi connectivity index (χ1n) is 7.27. The average molecular weight is 352 g/mol. The SMILES string of the molecule is CC[C@@H](C)NC(=O)CSc1nnc(Nc2ccc(OC)cc2)s1. The van der Waals surface area contributed by atoms with Gasteiger partial charge in [-0.15, -0.1) is 10.2 Å². The Bertz CT molecular complexity index is 631. The smallest absolute Gasteiger partial charge is 0.230 e. The molecule has 0 unspecified atom stereocenters. The fourth-order valence-corrected chi connectivity index (χ4v) is 3.25. The van der Waals surface area contributed by atoms with Gasteiger partial charge in [0.2, 0.25) is 11.0 Å². The lowest BCUT2D eigenvalue weighted by atomic mass is 10.3. The molecular weight excluding hydrogens is 332 g/mol. The van der Waals surface area contributed by atoms with Crippen LogP contribution in [0.1, 0.15) is 20.3 Å². The van der Waals surface area contributed by atoms with E-state index in [1.54, 1.807) is 7.11 Å². The molecule has 0 aliphatic heterocycles. The molecule has 124 valence electrons. The summed E-state index contributed by atoms with van der Waals surface area (Å²) in [6.45, 7) is 4.03. The maximum atomic E-state index is 11.7. The molecule has 1 amide bonds. The number of carbonyl (C=O) groups excluding carboxylic acids is 1. The largest absolute Gasteiger partial charge is 0.497 e. The van der Waals surface area contributed by atoms with Crippen molar-refractivity contribution in [2.24, 2.45) is 0 Å². The Morgan fingerprint density at radius 1 is 1.35 bits per heavy atom. The van der Waals surface area contributed by atoms with Crippen molar-refractivity contribution in [1.29, 1.82) is 0 Å². The molecule has 0 radical (unpaired) electrons. The second-order valence-corrected chi connectivity index (χ2v) is 7.09. The van der Waals surface area contributed by atoms with E-state index in [1.165, 1.54) is 23.1 Å². The van der Waals surface area contributed by atoms with Crippen LogP contribution in [-0.4, -0.2) is 35.0 Å². The number of nitrogens with one attached hydrogen (secondary N) is 2. The first-order chi connectivity index (χ1) is 11.1. The first kappa shape index (κ1) is 17.6. The van der Waals surface area contributed by atoms with E-state index in [-0.39, 0.29) is 11.9 Å². The van der Waals surface area contributed by atoms with Crippen LogP contribution in [-0.2, 0) is 4.79 Å². The van der Waals surface area contributed by atoms with E-state index in [2.05, 4.69) is 20.8 Å². The molecule has 0 fully saturated rings. The molecule has 2 N–H and O–H groups in total. The van der Waals surface area contributed by atoms with E-state index in [0.717, 1.165) is 22.2 Å². The number of carbonyl (C=O) groups is 1. The third-order valence-corrected chi connectivity index (χ3v) is 5.07. The number of benzene rings is 1. The summed E-state index contributed by atoms with van der Waals surface area (Å²) >= 11 is 2.81. The van der Waals surface area contributed by atoms with Crippen molar-refractivity contribution in [2.75, 3.05) is 18.2 Å². The van der Waals surface area contributed by atoms with Crippen molar-refractivity contribution in [1.82, 2.24) is 15.5 Å². The van der Waals surface area contributed by atoms with Crippen molar-refractivity contribution in [3.05, 3.63) is 24.3 Å². The molecule has 0 saturated heterocycles. The number of thioether (sulfide) groups is 1. The van der Waals surface area contributed by atoms with E-state index < -0.39 is 0 Å². The molecule has 1 heterocycles. The highest BCUT2D eigenvalue weighted by molar-refractivity contribution is 8.01. The first-order valence-corrected chi connectivity index (χ1v) is 9.07. The van der Waals surface area contributed by atoms with Crippen LogP contribution in [0.3, 0.4) is 0 Å². The molecule has 23 heavy (non-hydrogen) atoms. The van der Waals surface area contributed by atoms with Crippen molar-refractivity contribution >= 4 is 39.8 Å². The summed E-state index contributed by atoms with van der Waals surface area (Å²) in [7, 11) is 1.63. The monoisotopic (exact) mass is 352 g/mol. The zero-order chi connectivity index (χ0) is 16.7. The summed E-state index contributed by atoms with van der Waals surface area (Å²) in [4.78, 5) is 11.7. The van der Waals surface area contributed by atoms with Crippen molar-refractivity contribution in [3.63, 3.8) is 0 Å². The van der Waals surface area contributed by atoms with Crippen LogP contribution in [0.4, 0.5) is 10.8 Å². The summed E-state index contributed by atoms with van der Waals surface area (Å²) in [6.07, 6.45) is 0.922. The van der Waals surface area contributed by atoms with Crippen LogP contribution in [0.15, 0.2) is 28.6 Å². The number of ether oxygens (including phenoxy) is 1. The topological polar surface area (TPSA) is 76.1 Å². The van der Waals surface area contributed by atoms with Crippen LogP contribution in [0.2, 0.25) is 0 Å². The van der Waals surface area contributed by atoms with Gasteiger partial charge in [0, 0.05) is 11.7 Å². The summed E-state index contributed by atoms with van der Waals surface area (Å²) in [6, 6.07) is 7.76. The van der Waals surface area contributed by atoms with Crippen LogP contribution >= 0.6 is 23.1 Å². The van der Waals surface area contributed by atoms with Gasteiger partial charge in [-0.25, -0.2) is 0 Å². The highest BCUT2D eigenvalue weighted by Gasteiger charge is 2.10. The number of aromatic nitrogens is 2. The third kappa shape index (κ3) is 5.72. The van der Waals surface area contributed by atoms with E-state index in [1.807, 2.05) is 38.1 Å². The van der Waals surface area contributed by atoms with Gasteiger partial charge in [0.15, 0.2) is 4.34 Å². The lowest BCUT2D eigenvalue weighted by Crippen LogP contribution is -2.33. The van der Waals surface area contributed by atoms with Gasteiger partial charge < -0.3 is 15.4 Å². The van der Waals surface area contributed by atoms with Crippen LogP contribution < -0.4 is 15.4 Å². The number of nitrogens with zero attached hydrogens (tertiary/aromatic N) is 2. The van der Waals surface area contributed by atoms with E-state index in [0.29, 0.717) is 10.9 Å². The number of amides is 1. The van der Waals surface area contributed by atoms with Gasteiger partial charge in [-0.1, -0.05) is 30.0 Å². The quantitative estimate of drug-likeness (QED) is 0.710. The third-order valence-electron chi connectivity index (χ3n) is 3.09. The van der Waals surface area contributed by atoms with Gasteiger partial charge in [-0.2, -0.15) is 0 Å². The van der Waals surface area contributed by atoms with Gasteiger partial charge in [0.1, 0.15) is 5.75 Å². The minimum Gasteiger partial charge on any atom is -0.497 e. The Morgan fingerprint density at radius 2 is 2.09 bits per heavy atom. The molecule has 6 nitrogen and oxygen atoms in total. The molecule has 2 aromatic rings. The van der Waals surface area contributed by atoms with Crippen molar-refractivity contribution < 1.29 is 9.53 Å². The highest BCUT2D eigenvalue weighted by atomic mass is 32.2. The lowest BCUT2D eigenvalue weighted by molar-refractivity contribution is -0.119. The molecule has 0 saturated carbocycles. The minimum absolute atomic E-state index is 0.0178. The summed E-state index contributed by atoms with van der Waals surface area (Å²) in [5, 5.41) is 15.0. The van der Waals surface area contributed by atoms with E-state index in [9.17, 15) is 4.79 Å². The Balaban J connectivity index is 1.84. The predicted octanol–water partition coefficient (Wildman–Crippen LogP) is 3.30. The zero-order valence-electron chi connectivity index (χ0n) is 13.3. The van der Waals surface area contributed by atoms with Gasteiger partial charge in [-0.05, 0) is 37.6 Å². The molecule has 0 bridgehead atoms.